The molecular weight excluding hydrogens is 156 g/mol. The van der Waals surface area contributed by atoms with Crippen LogP contribution in [-0.4, -0.2) is 29.7 Å². The van der Waals surface area contributed by atoms with Gasteiger partial charge in [-0.05, 0) is 26.3 Å². The van der Waals surface area contributed by atoms with E-state index < -0.39 is 11.9 Å². The molecule has 0 saturated carbocycles. The second-order valence-electron chi connectivity index (χ2n) is 3.66. The highest BCUT2D eigenvalue weighted by Gasteiger charge is 2.36. The third-order valence-electron chi connectivity index (χ3n) is 1.89. The van der Waals surface area contributed by atoms with Crippen LogP contribution in [0.3, 0.4) is 0 Å². The van der Waals surface area contributed by atoms with E-state index in [4.69, 9.17) is 9.47 Å². The number of ether oxygens (including phenoxy) is 2. The van der Waals surface area contributed by atoms with Gasteiger partial charge in [0, 0.05) is 0 Å². The quantitative estimate of drug-likeness (QED) is 0.633. The summed E-state index contributed by atoms with van der Waals surface area (Å²) >= 11 is 0. The van der Waals surface area contributed by atoms with Crippen molar-refractivity contribution in [3.8, 4) is 0 Å². The molecule has 1 saturated heterocycles. The zero-order valence-corrected chi connectivity index (χ0v) is 7.83. The molecule has 0 bridgehead atoms. The Morgan fingerprint density at radius 1 is 1.67 bits per heavy atom. The molecule has 0 amide bonds. The fourth-order valence-electron chi connectivity index (χ4n) is 1.19. The van der Waals surface area contributed by atoms with E-state index in [1.165, 1.54) is 0 Å². The fraction of sp³-hybridized carbons (Fsp3) is 0.778. The minimum absolute atomic E-state index is 0.266. The average molecular weight is 172 g/mol. The Morgan fingerprint density at radius 2 is 2.25 bits per heavy atom. The summed E-state index contributed by atoms with van der Waals surface area (Å²) in [4.78, 5) is 0. The third-order valence-corrected chi connectivity index (χ3v) is 1.89. The Morgan fingerprint density at radius 3 is 2.58 bits per heavy atom. The Kier molecular flexibility index (Phi) is 2.56. The molecule has 1 rings (SSSR count). The zero-order chi connectivity index (χ0) is 9.35. The van der Waals surface area contributed by atoms with Crippen LogP contribution >= 0.6 is 0 Å². The molecule has 1 N–H and O–H groups in total. The lowest BCUT2D eigenvalue weighted by Crippen LogP contribution is -2.31. The minimum atomic E-state index is -0.619. The Labute approximate surface area is 73.0 Å². The lowest BCUT2D eigenvalue weighted by molar-refractivity contribution is -0.148. The van der Waals surface area contributed by atoms with Crippen molar-refractivity contribution >= 4 is 0 Å². The first-order valence-electron chi connectivity index (χ1n) is 4.07. The van der Waals surface area contributed by atoms with E-state index in [9.17, 15) is 5.11 Å². The summed E-state index contributed by atoms with van der Waals surface area (Å²) in [5.74, 6) is -0.568. The monoisotopic (exact) mass is 172 g/mol. The maximum Gasteiger partial charge on any atom is 0.163 e. The molecule has 0 unspecified atom stereocenters. The molecular formula is C9H16O3. The van der Waals surface area contributed by atoms with Crippen LogP contribution in [0.5, 0.6) is 0 Å². The van der Waals surface area contributed by atoms with Crippen molar-refractivity contribution in [1.82, 2.24) is 0 Å². The molecule has 0 aromatic heterocycles. The molecule has 1 aliphatic heterocycles. The van der Waals surface area contributed by atoms with Gasteiger partial charge in [-0.25, -0.2) is 0 Å². The summed E-state index contributed by atoms with van der Waals surface area (Å²) in [5, 5.41) is 9.55. The minimum Gasteiger partial charge on any atom is -0.386 e. The molecule has 3 heteroatoms. The van der Waals surface area contributed by atoms with Gasteiger partial charge in [0.05, 0.1) is 6.61 Å². The Bertz CT molecular complexity index is 186. The van der Waals surface area contributed by atoms with Crippen molar-refractivity contribution in [3.05, 3.63) is 12.2 Å². The molecule has 0 aromatic rings. The molecule has 12 heavy (non-hydrogen) atoms. The van der Waals surface area contributed by atoms with Crippen LogP contribution in [0.4, 0.5) is 0 Å². The first-order valence-corrected chi connectivity index (χ1v) is 4.07. The summed E-state index contributed by atoms with van der Waals surface area (Å²) in [7, 11) is 0. The first kappa shape index (κ1) is 9.71. The van der Waals surface area contributed by atoms with Gasteiger partial charge in [-0.3, -0.25) is 0 Å². The van der Waals surface area contributed by atoms with Crippen LogP contribution in [0.1, 0.15) is 20.8 Å². The molecule has 0 aromatic carbocycles. The molecule has 2 atom stereocenters. The van der Waals surface area contributed by atoms with Gasteiger partial charge >= 0.3 is 0 Å². The predicted molar refractivity (Wildman–Crippen MR) is 45.7 cm³/mol. The normalized spacial score (nSPS) is 30.2. The number of aliphatic hydroxyl groups is 1. The maximum absolute atomic E-state index is 9.55. The van der Waals surface area contributed by atoms with Gasteiger partial charge in [0.15, 0.2) is 5.79 Å². The highest BCUT2D eigenvalue weighted by molar-refractivity contribution is 5.01. The highest BCUT2D eigenvalue weighted by Crippen LogP contribution is 2.25. The molecule has 0 radical (unpaired) electrons. The number of aliphatic hydroxyl groups excluding tert-OH is 1. The molecule has 1 fully saturated rings. The second-order valence-corrected chi connectivity index (χ2v) is 3.66. The first-order chi connectivity index (χ1) is 5.42. The SMILES string of the molecule is C=C(C)[C@@H](O)[C@H]1COC(C)(C)O1. The summed E-state index contributed by atoms with van der Waals surface area (Å²) in [6.45, 7) is 9.53. The molecule has 1 heterocycles. The molecule has 70 valence electrons. The predicted octanol–water partition coefficient (Wildman–Crippen LogP) is 1.07. The summed E-state index contributed by atoms with van der Waals surface area (Å²) < 4.78 is 10.7. The van der Waals surface area contributed by atoms with Crippen molar-refractivity contribution in [2.75, 3.05) is 6.61 Å². The molecule has 3 nitrogen and oxygen atoms in total. The smallest absolute Gasteiger partial charge is 0.163 e. The summed E-state index contributed by atoms with van der Waals surface area (Å²) in [6.07, 6.45) is -0.885. The highest BCUT2D eigenvalue weighted by atomic mass is 16.7. The van der Waals surface area contributed by atoms with Crippen molar-refractivity contribution in [2.24, 2.45) is 0 Å². The van der Waals surface area contributed by atoms with E-state index in [1.807, 2.05) is 13.8 Å². The number of rotatable bonds is 2. The van der Waals surface area contributed by atoms with Gasteiger partial charge in [-0.2, -0.15) is 0 Å². The van der Waals surface area contributed by atoms with E-state index in [0.717, 1.165) is 0 Å². The van der Waals surface area contributed by atoms with Crippen LogP contribution in [0, 0.1) is 0 Å². The zero-order valence-electron chi connectivity index (χ0n) is 7.83. The largest absolute Gasteiger partial charge is 0.386 e. The Balaban J connectivity index is 2.52. The van der Waals surface area contributed by atoms with Gasteiger partial charge in [-0.1, -0.05) is 6.58 Å². The fourth-order valence-corrected chi connectivity index (χ4v) is 1.19. The van der Waals surface area contributed by atoms with E-state index in [-0.39, 0.29) is 6.10 Å². The lowest BCUT2D eigenvalue weighted by atomic mass is 10.1. The van der Waals surface area contributed by atoms with Crippen molar-refractivity contribution in [2.45, 2.75) is 38.8 Å². The van der Waals surface area contributed by atoms with Crippen LogP contribution in [0.15, 0.2) is 12.2 Å². The Hall–Kier alpha value is -0.380. The number of hydrogen-bond acceptors (Lipinski definition) is 3. The van der Waals surface area contributed by atoms with Gasteiger partial charge in [0.2, 0.25) is 0 Å². The number of hydrogen-bond donors (Lipinski definition) is 1. The van der Waals surface area contributed by atoms with Gasteiger partial charge in [0.1, 0.15) is 12.2 Å². The molecule has 0 spiro atoms. The van der Waals surface area contributed by atoms with Crippen LogP contribution in [0.2, 0.25) is 0 Å². The van der Waals surface area contributed by atoms with Crippen molar-refractivity contribution in [3.63, 3.8) is 0 Å². The third kappa shape index (κ3) is 2.06. The van der Waals surface area contributed by atoms with Crippen molar-refractivity contribution in [1.29, 1.82) is 0 Å². The maximum atomic E-state index is 9.55. The van der Waals surface area contributed by atoms with Gasteiger partial charge in [0.25, 0.3) is 0 Å². The molecule has 1 aliphatic rings. The topological polar surface area (TPSA) is 38.7 Å². The average Bonchev–Trinajstić information content (AvgIpc) is 2.28. The summed E-state index contributed by atoms with van der Waals surface area (Å²) in [5.41, 5.74) is 0.710. The summed E-state index contributed by atoms with van der Waals surface area (Å²) in [6, 6.07) is 0. The van der Waals surface area contributed by atoms with Crippen LogP contribution < -0.4 is 0 Å². The van der Waals surface area contributed by atoms with E-state index in [1.54, 1.807) is 6.92 Å². The van der Waals surface area contributed by atoms with E-state index >= 15 is 0 Å². The standard InChI is InChI=1S/C9H16O3/c1-6(2)8(10)7-5-11-9(3,4)12-7/h7-8,10H,1,5H2,2-4H3/t7-,8-/m1/s1. The van der Waals surface area contributed by atoms with Crippen LogP contribution in [-0.2, 0) is 9.47 Å². The van der Waals surface area contributed by atoms with Crippen LogP contribution in [0.25, 0.3) is 0 Å². The van der Waals surface area contributed by atoms with E-state index in [2.05, 4.69) is 6.58 Å². The van der Waals surface area contributed by atoms with Gasteiger partial charge < -0.3 is 14.6 Å². The van der Waals surface area contributed by atoms with Gasteiger partial charge in [-0.15, -0.1) is 0 Å². The lowest BCUT2D eigenvalue weighted by Gasteiger charge is -2.20. The second kappa shape index (κ2) is 3.17. The van der Waals surface area contributed by atoms with E-state index in [0.29, 0.717) is 12.2 Å². The molecule has 0 aliphatic carbocycles. The van der Waals surface area contributed by atoms with Crippen molar-refractivity contribution < 1.29 is 14.6 Å².